The summed E-state index contributed by atoms with van der Waals surface area (Å²) in [5, 5.41) is 5.70. The molecule has 7 nitrogen and oxygen atoms in total. The van der Waals surface area contributed by atoms with Crippen LogP contribution in [0.15, 0.2) is 83.9 Å². The predicted molar refractivity (Wildman–Crippen MR) is 147 cm³/mol. The van der Waals surface area contributed by atoms with E-state index in [4.69, 9.17) is 25.3 Å². The quantitative estimate of drug-likeness (QED) is 0.169. The van der Waals surface area contributed by atoms with Gasteiger partial charge in [-0.3, -0.25) is 4.79 Å². The lowest BCUT2D eigenvalue weighted by molar-refractivity contribution is 0.365. The van der Waals surface area contributed by atoms with Gasteiger partial charge in [-0.05, 0) is 79.9 Å². The van der Waals surface area contributed by atoms with Gasteiger partial charge in [0.05, 0.1) is 38.6 Å². The second-order valence-corrected chi connectivity index (χ2v) is 9.31. The lowest BCUT2D eigenvalue weighted by atomic mass is 10.2. The molecule has 0 bridgehead atoms. The van der Waals surface area contributed by atoms with E-state index in [2.05, 4.69) is 42.9 Å². The van der Waals surface area contributed by atoms with Crippen LogP contribution in [0.25, 0.3) is 33.5 Å². The van der Waals surface area contributed by atoms with E-state index in [1.165, 1.54) is 4.68 Å². The fourth-order valence-electron chi connectivity index (χ4n) is 3.74. The third kappa shape index (κ3) is 4.41. The summed E-state index contributed by atoms with van der Waals surface area (Å²) in [6, 6.07) is 18.0. The molecule has 0 amide bonds. The summed E-state index contributed by atoms with van der Waals surface area (Å²) in [7, 11) is 1.59. The van der Waals surface area contributed by atoms with Crippen LogP contribution in [0.4, 0.5) is 0 Å². The number of halogens is 2. The van der Waals surface area contributed by atoms with Crippen molar-refractivity contribution in [3.63, 3.8) is 0 Å². The van der Waals surface area contributed by atoms with Crippen LogP contribution in [-0.2, 0) is 0 Å². The minimum absolute atomic E-state index is 0.133. The molecule has 0 aliphatic rings. The van der Waals surface area contributed by atoms with E-state index in [1.54, 1.807) is 37.6 Å². The van der Waals surface area contributed by atoms with Gasteiger partial charge in [0.15, 0.2) is 5.76 Å². The molecule has 3 aromatic carbocycles. The monoisotopic (exact) mass is 605 g/mol. The van der Waals surface area contributed by atoms with Gasteiger partial charge in [0, 0.05) is 0 Å². The highest BCUT2D eigenvalue weighted by Gasteiger charge is 2.18. The summed E-state index contributed by atoms with van der Waals surface area (Å²) in [6.07, 6.45) is 6.86. The molecule has 178 valence electrons. The molecule has 0 atom stereocenters. The molecule has 2 heterocycles. The van der Waals surface area contributed by atoms with E-state index < -0.39 is 0 Å². The first kappa shape index (κ1) is 23.9. The Labute approximate surface area is 222 Å². The van der Waals surface area contributed by atoms with Gasteiger partial charge in [-0.15, -0.1) is 6.42 Å². The van der Waals surface area contributed by atoms with E-state index in [-0.39, 0.29) is 18.0 Å². The van der Waals surface area contributed by atoms with Gasteiger partial charge in [0.25, 0.3) is 5.56 Å². The van der Waals surface area contributed by atoms with Gasteiger partial charge in [0.2, 0.25) is 5.82 Å². The number of nitrogens with zero attached hydrogens (tertiary/aromatic N) is 3. The molecule has 0 radical (unpaired) electrons. The van der Waals surface area contributed by atoms with Crippen LogP contribution in [0.5, 0.6) is 11.5 Å². The fraction of sp³-hybridized carbons (Fsp3) is 0.0741. The molecular weight excluding hydrogens is 590 g/mol. The fourth-order valence-corrected chi connectivity index (χ4v) is 5.19. The Morgan fingerprint density at radius 3 is 2.64 bits per heavy atom. The molecular formula is C27H17Br2N3O4. The molecule has 2 aromatic heterocycles. The number of hydrogen-bond donors (Lipinski definition) is 0. The van der Waals surface area contributed by atoms with Crippen LogP contribution in [0.2, 0.25) is 0 Å². The van der Waals surface area contributed by atoms with Crippen molar-refractivity contribution in [2.24, 2.45) is 5.10 Å². The van der Waals surface area contributed by atoms with E-state index in [0.29, 0.717) is 48.3 Å². The first-order chi connectivity index (χ1) is 17.5. The van der Waals surface area contributed by atoms with Gasteiger partial charge in [0.1, 0.15) is 23.7 Å². The summed E-state index contributed by atoms with van der Waals surface area (Å²) < 4.78 is 19.7. The molecule has 0 saturated heterocycles. The second kappa shape index (κ2) is 10.0. The number of hydrogen-bond acceptors (Lipinski definition) is 6. The van der Waals surface area contributed by atoms with E-state index in [1.807, 2.05) is 36.4 Å². The summed E-state index contributed by atoms with van der Waals surface area (Å²) in [5.41, 5.74) is 1.53. The Bertz CT molecular complexity index is 1730. The van der Waals surface area contributed by atoms with Crippen molar-refractivity contribution in [2.45, 2.75) is 0 Å². The molecule has 5 rings (SSSR count). The number of aromatic nitrogens is 2. The third-order valence-electron chi connectivity index (χ3n) is 5.36. The Morgan fingerprint density at radius 2 is 1.89 bits per heavy atom. The Balaban J connectivity index is 1.66. The Hall–Kier alpha value is -3.87. The summed E-state index contributed by atoms with van der Waals surface area (Å²) in [6.45, 7) is 0.133. The zero-order valence-electron chi connectivity index (χ0n) is 18.9. The van der Waals surface area contributed by atoms with Gasteiger partial charge >= 0.3 is 0 Å². The molecule has 0 N–H and O–H groups in total. The molecule has 36 heavy (non-hydrogen) atoms. The van der Waals surface area contributed by atoms with Crippen LogP contribution in [0, 0.1) is 12.3 Å². The summed E-state index contributed by atoms with van der Waals surface area (Å²) >= 11 is 6.99. The zero-order valence-corrected chi connectivity index (χ0v) is 22.0. The van der Waals surface area contributed by atoms with Crippen molar-refractivity contribution < 1.29 is 13.9 Å². The first-order valence-electron chi connectivity index (χ1n) is 10.7. The molecule has 0 aliphatic heterocycles. The van der Waals surface area contributed by atoms with E-state index in [9.17, 15) is 4.79 Å². The van der Waals surface area contributed by atoms with Gasteiger partial charge in [-0.25, -0.2) is 4.98 Å². The molecule has 0 spiro atoms. The Morgan fingerprint density at radius 1 is 1.11 bits per heavy atom. The maximum atomic E-state index is 13.5. The smallest absolute Gasteiger partial charge is 0.282 e. The van der Waals surface area contributed by atoms with Crippen molar-refractivity contribution in [3.8, 4) is 35.4 Å². The lowest BCUT2D eigenvalue weighted by Crippen LogP contribution is -2.20. The molecule has 9 heteroatoms. The maximum absolute atomic E-state index is 13.5. The lowest BCUT2D eigenvalue weighted by Gasteiger charge is -2.09. The third-order valence-corrected chi connectivity index (χ3v) is 6.54. The molecule has 0 unspecified atom stereocenters. The zero-order chi connectivity index (χ0) is 25.2. The molecule has 0 fully saturated rings. The van der Waals surface area contributed by atoms with Crippen LogP contribution < -0.4 is 15.0 Å². The topological polar surface area (TPSA) is 78.8 Å². The molecule has 0 saturated carbocycles. The number of methoxy groups -OCH3 is 1. The van der Waals surface area contributed by atoms with Crippen molar-refractivity contribution in [1.29, 1.82) is 0 Å². The van der Waals surface area contributed by atoms with Gasteiger partial charge < -0.3 is 13.9 Å². The summed E-state index contributed by atoms with van der Waals surface area (Å²) in [4.78, 5) is 18.2. The SMILES string of the molecule is C#CCOc1c(Br)cc(C=Nn2c(-c3cc4c(OC)cccc4o3)nc3ccccc3c2=O)cc1Br. The highest BCUT2D eigenvalue weighted by Crippen LogP contribution is 2.35. The van der Waals surface area contributed by atoms with Gasteiger partial charge in [-0.1, -0.05) is 24.1 Å². The number of terminal acetylenes is 1. The average molecular weight is 607 g/mol. The number of para-hydroxylation sites is 1. The van der Waals surface area contributed by atoms with E-state index in [0.717, 1.165) is 5.39 Å². The minimum atomic E-state index is -0.327. The maximum Gasteiger partial charge on any atom is 0.282 e. The normalized spacial score (nSPS) is 11.3. The number of rotatable bonds is 6. The van der Waals surface area contributed by atoms with Crippen LogP contribution in [0.1, 0.15) is 5.56 Å². The number of ether oxygens (including phenoxy) is 2. The van der Waals surface area contributed by atoms with Crippen molar-refractivity contribution >= 4 is 59.9 Å². The van der Waals surface area contributed by atoms with Crippen LogP contribution in [0.3, 0.4) is 0 Å². The second-order valence-electron chi connectivity index (χ2n) is 7.60. The van der Waals surface area contributed by atoms with Gasteiger partial charge in [-0.2, -0.15) is 9.78 Å². The van der Waals surface area contributed by atoms with Crippen LogP contribution in [-0.4, -0.2) is 29.6 Å². The van der Waals surface area contributed by atoms with Crippen molar-refractivity contribution in [3.05, 3.63) is 85.5 Å². The number of furan rings is 1. The number of fused-ring (bicyclic) bond motifs is 2. The first-order valence-corrected chi connectivity index (χ1v) is 12.3. The van der Waals surface area contributed by atoms with E-state index >= 15 is 0 Å². The Kier molecular flexibility index (Phi) is 6.63. The average Bonchev–Trinajstić information content (AvgIpc) is 3.32. The highest BCUT2D eigenvalue weighted by molar-refractivity contribution is 9.11. The molecule has 0 aliphatic carbocycles. The standard InChI is InChI=1S/C27H17Br2N3O4/c1-3-11-35-25-19(28)12-16(13-20(25)29)15-30-32-26(31-21-8-5-4-7-17(21)27(32)33)24-14-18-22(34-2)9-6-10-23(18)36-24/h1,4-10,12-15H,11H2,2H3. The minimum Gasteiger partial charge on any atom is -0.496 e. The summed E-state index contributed by atoms with van der Waals surface area (Å²) in [5.74, 6) is 4.32. The highest BCUT2D eigenvalue weighted by atomic mass is 79.9. The van der Waals surface area contributed by atoms with Crippen molar-refractivity contribution in [2.75, 3.05) is 13.7 Å². The molecule has 5 aromatic rings. The largest absolute Gasteiger partial charge is 0.496 e. The van der Waals surface area contributed by atoms with Crippen LogP contribution >= 0.6 is 31.9 Å². The predicted octanol–water partition coefficient (Wildman–Crippen LogP) is 6.24. The van der Waals surface area contributed by atoms with Crippen molar-refractivity contribution in [1.82, 2.24) is 9.66 Å². The number of benzene rings is 3.